The molecule has 0 radical (unpaired) electrons. The maximum absolute atomic E-state index is 13.7. The average Bonchev–Trinajstić information content (AvgIpc) is 2.79. The average molecular weight is 393 g/mol. The summed E-state index contributed by atoms with van der Waals surface area (Å²) in [6, 6.07) is 8.31. The first-order chi connectivity index (χ1) is 14.2. The van der Waals surface area contributed by atoms with E-state index in [4.69, 9.17) is 0 Å². The number of hydrogen-bond acceptors (Lipinski definition) is 7. The van der Waals surface area contributed by atoms with Gasteiger partial charge in [-0.3, -0.25) is 4.79 Å². The first kappa shape index (κ1) is 18.7. The summed E-state index contributed by atoms with van der Waals surface area (Å²) in [4.78, 5) is 33.4. The van der Waals surface area contributed by atoms with Crippen molar-refractivity contribution in [2.45, 2.75) is 6.54 Å². The van der Waals surface area contributed by atoms with E-state index < -0.39 is 0 Å². The van der Waals surface area contributed by atoms with Crippen molar-refractivity contribution in [3.63, 3.8) is 0 Å². The van der Waals surface area contributed by atoms with Gasteiger partial charge in [-0.1, -0.05) is 18.2 Å². The van der Waals surface area contributed by atoms with Gasteiger partial charge in [0.05, 0.1) is 12.4 Å². The van der Waals surface area contributed by atoms with E-state index in [0.717, 1.165) is 0 Å². The van der Waals surface area contributed by atoms with Crippen LogP contribution in [0.5, 0.6) is 0 Å². The van der Waals surface area contributed by atoms with Crippen LogP contribution in [0.4, 0.5) is 16.2 Å². The largest absolute Gasteiger partial charge is 0.365 e. The minimum absolute atomic E-state index is 0.160. The number of carbonyl (C=O) groups is 1. The lowest BCUT2D eigenvalue weighted by Gasteiger charge is -2.34. The molecule has 0 atom stereocenters. The number of amides is 1. The number of aromatic nitrogens is 4. The van der Waals surface area contributed by atoms with Gasteiger partial charge in [-0.05, 0) is 12.1 Å². The molecule has 1 saturated heterocycles. The van der Waals surface area contributed by atoms with Crippen molar-refractivity contribution < 1.29 is 9.18 Å². The van der Waals surface area contributed by atoms with Gasteiger partial charge in [0.2, 0.25) is 5.95 Å². The Morgan fingerprint density at radius 1 is 0.966 bits per heavy atom. The number of halogens is 1. The van der Waals surface area contributed by atoms with Gasteiger partial charge in [-0.15, -0.1) is 0 Å². The van der Waals surface area contributed by atoms with Gasteiger partial charge in [0.25, 0.3) is 5.91 Å². The number of nitrogens with zero attached hydrogens (tertiary/aromatic N) is 6. The smallest absolute Gasteiger partial charge is 0.274 e. The third kappa shape index (κ3) is 4.45. The molecule has 0 unspecified atom stereocenters. The Bertz CT molecular complexity index is 960. The van der Waals surface area contributed by atoms with Crippen molar-refractivity contribution in [3.05, 3.63) is 72.2 Å². The second-order valence-corrected chi connectivity index (χ2v) is 6.56. The summed E-state index contributed by atoms with van der Waals surface area (Å²) in [5.41, 5.74) is 0.820. The second-order valence-electron chi connectivity index (χ2n) is 6.56. The SMILES string of the molecule is O=C(c1cnc(NCc2ccccc2F)cn1)N1CCN(c2ncccn2)CC1. The molecule has 1 fully saturated rings. The highest BCUT2D eigenvalue weighted by molar-refractivity contribution is 5.92. The summed E-state index contributed by atoms with van der Waals surface area (Å²) in [5.74, 6) is 0.715. The lowest BCUT2D eigenvalue weighted by Crippen LogP contribution is -2.49. The highest BCUT2D eigenvalue weighted by Crippen LogP contribution is 2.13. The molecule has 2 aromatic heterocycles. The fraction of sp³-hybridized carbons (Fsp3) is 0.250. The number of hydrogen-bond donors (Lipinski definition) is 1. The Balaban J connectivity index is 1.32. The van der Waals surface area contributed by atoms with Crippen LogP contribution in [0.15, 0.2) is 55.1 Å². The molecule has 148 valence electrons. The first-order valence-electron chi connectivity index (χ1n) is 9.31. The Morgan fingerprint density at radius 2 is 1.72 bits per heavy atom. The Morgan fingerprint density at radius 3 is 2.41 bits per heavy atom. The van der Waals surface area contributed by atoms with Gasteiger partial charge in [-0.2, -0.15) is 0 Å². The number of benzene rings is 1. The van der Waals surface area contributed by atoms with E-state index in [2.05, 4.69) is 25.3 Å². The van der Waals surface area contributed by atoms with E-state index in [1.54, 1.807) is 41.6 Å². The summed E-state index contributed by atoms with van der Waals surface area (Å²) in [6.07, 6.45) is 6.34. The second kappa shape index (κ2) is 8.59. The van der Waals surface area contributed by atoms with E-state index in [9.17, 15) is 9.18 Å². The minimum Gasteiger partial charge on any atom is -0.365 e. The zero-order chi connectivity index (χ0) is 20.1. The standard InChI is InChI=1S/C20H20FN7O/c21-16-5-2-1-4-15(16)12-25-18-14-24-17(13-26-18)19(29)27-8-10-28(11-9-27)20-22-6-3-7-23-20/h1-7,13-14H,8-12H2,(H,25,26). The van der Waals surface area contributed by atoms with Crippen molar-refractivity contribution in [1.82, 2.24) is 24.8 Å². The molecule has 0 spiro atoms. The molecule has 9 heteroatoms. The number of rotatable bonds is 5. The third-order valence-electron chi connectivity index (χ3n) is 4.69. The van der Waals surface area contributed by atoms with Gasteiger partial charge in [-0.25, -0.2) is 24.3 Å². The maximum Gasteiger partial charge on any atom is 0.274 e. The number of piperazine rings is 1. The van der Waals surface area contributed by atoms with Crippen molar-refractivity contribution in [2.24, 2.45) is 0 Å². The molecule has 1 aromatic carbocycles. The topological polar surface area (TPSA) is 87.1 Å². The summed E-state index contributed by atoms with van der Waals surface area (Å²) in [6.45, 7) is 2.73. The first-order valence-corrected chi connectivity index (χ1v) is 9.31. The Hall–Kier alpha value is -3.62. The highest BCUT2D eigenvalue weighted by atomic mass is 19.1. The summed E-state index contributed by atoms with van der Waals surface area (Å²) in [5, 5.41) is 3.01. The predicted octanol–water partition coefficient (Wildman–Crippen LogP) is 1.98. The van der Waals surface area contributed by atoms with Crippen molar-refractivity contribution in [1.29, 1.82) is 0 Å². The number of carbonyl (C=O) groups excluding carboxylic acids is 1. The van der Waals surface area contributed by atoms with Crippen LogP contribution < -0.4 is 10.2 Å². The molecule has 1 aliphatic rings. The van der Waals surface area contributed by atoms with Crippen LogP contribution in [0.3, 0.4) is 0 Å². The maximum atomic E-state index is 13.7. The van der Waals surface area contributed by atoms with Crippen LogP contribution in [0.1, 0.15) is 16.1 Å². The van der Waals surface area contributed by atoms with Gasteiger partial charge in [0.15, 0.2) is 0 Å². The zero-order valence-electron chi connectivity index (χ0n) is 15.7. The van der Waals surface area contributed by atoms with Gasteiger partial charge < -0.3 is 15.1 Å². The molecule has 1 N–H and O–H groups in total. The molecule has 3 heterocycles. The molecule has 1 amide bonds. The summed E-state index contributed by atoms with van der Waals surface area (Å²) < 4.78 is 13.7. The molecule has 0 saturated carbocycles. The molecule has 4 rings (SSSR count). The summed E-state index contributed by atoms with van der Waals surface area (Å²) >= 11 is 0. The minimum atomic E-state index is -0.278. The molecule has 29 heavy (non-hydrogen) atoms. The van der Waals surface area contributed by atoms with Crippen molar-refractivity contribution >= 4 is 17.7 Å². The predicted molar refractivity (Wildman–Crippen MR) is 106 cm³/mol. The van der Waals surface area contributed by atoms with Crippen LogP contribution in [-0.2, 0) is 6.54 Å². The third-order valence-corrected chi connectivity index (χ3v) is 4.69. The molecule has 1 aliphatic heterocycles. The number of nitrogens with one attached hydrogen (secondary N) is 1. The van der Waals surface area contributed by atoms with E-state index >= 15 is 0 Å². The molecular formula is C20H20FN7O. The number of anilines is 2. The fourth-order valence-electron chi connectivity index (χ4n) is 3.08. The lowest BCUT2D eigenvalue weighted by molar-refractivity contribution is 0.0740. The van der Waals surface area contributed by atoms with E-state index in [1.165, 1.54) is 18.5 Å². The lowest BCUT2D eigenvalue weighted by atomic mass is 10.2. The van der Waals surface area contributed by atoms with E-state index in [1.807, 2.05) is 4.90 Å². The van der Waals surface area contributed by atoms with Gasteiger partial charge >= 0.3 is 0 Å². The van der Waals surface area contributed by atoms with Crippen LogP contribution in [-0.4, -0.2) is 56.9 Å². The van der Waals surface area contributed by atoms with Crippen molar-refractivity contribution in [2.75, 3.05) is 36.4 Å². The highest BCUT2D eigenvalue weighted by Gasteiger charge is 2.24. The van der Waals surface area contributed by atoms with E-state index in [0.29, 0.717) is 43.5 Å². The quantitative estimate of drug-likeness (QED) is 0.709. The monoisotopic (exact) mass is 393 g/mol. The van der Waals surface area contributed by atoms with Crippen molar-refractivity contribution in [3.8, 4) is 0 Å². The van der Waals surface area contributed by atoms with Crippen LogP contribution in [0, 0.1) is 5.82 Å². The van der Waals surface area contributed by atoms with Crippen LogP contribution >= 0.6 is 0 Å². The molecular weight excluding hydrogens is 373 g/mol. The Kier molecular flexibility index (Phi) is 5.55. The zero-order valence-corrected chi connectivity index (χ0v) is 15.7. The molecule has 0 aliphatic carbocycles. The fourth-order valence-corrected chi connectivity index (χ4v) is 3.08. The van der Waals surface area contributed by atoms with E-state index in [-0.39, 0.29) is 24.0 Å². The molecule has 0 bridgehead atoms. The van der Waals surface area contributed by atoms with Crippen LogP contribution in [0.25, 0.3) is 0 Å². The molecule has 8 nitrogen and oxygen atoms in total. The normalized spacial score (nSPS) is 14.0. The molecule has 3 aromatic rings. The van der Waals surface area contributed by atoms with Gasteiger partial charge in [0.1, 0.15) is 17.3 Å². The van der Waals surface area contributed by atoms with Crippen LogP contribution in [0.2, 0.25) is 0 Å². The summed E-state index contributed by atoms with van der Waals surface area (Å²) in [7, 11) is 0. The Labute approximate surface area is 167 Å². The van der Waals surface area contributed by atoms with Gasteiger partial charge in [0, 0.05) is 50.7 Å².